The molecule has 0 bridgehead atoms. The SMILES string of the molecule is Nc1nccn2nc(Cc3ccccc3C(F)(F)F)nc12. The van der Waals surface area contributed by atoms with E-state index in [-0.39, 0.29) is 23.6 Å². The number of nitrogens with zero attached hydrogens (tertiary/aromatic N) is 4. The zero-order valence-electron chi connectivity index (χ0n) is 10.7. The lowest BCUT2D eigenvalue weighted by Crippen LogP contribution is -2.09. The molecule has 21 heavy (non-hydrogen) atoms. The third kappa shape index (κ3) is 2.51. The van der Waals surface area contributed by atoms with Crippen LogP contribution in [-0.2, 0) is 12.6 Å². The Labute approximate surface area is 117 Å². The monoisotopic (exact) mass is 293 g/mol. The first kappa shape index (κ1) is 13.3. The molecule has 108 valence electrons. The van der Waals surface area contributed by atoms with E-state index >= 15 is 0 Å². The molecule has 2 N–H and O–H groups in total. The van der Waals surface area contributed by atoms with Crippen LogP contribution in [0.2, 0.25) is 0 Å². The van der Waals surface area contributed by atoms with Gasteiger partial charge in [0.05, 0.1) is 5.56 Å². The van der Waals surface area contributed by atoms with Gasteiger partial charge in [-0.2, -0.15) is 18.3 Å². The second-order valence-electron chi connectivity index (χ2n) is 4.44. The molecule has 5 nitrogen and oxygen atoms in total. The quantitative estimate of drug-likeness (QED) is 0.787. The Morgan fingerprint density at radius 1 is 1.19 bits per heavy atom. The van der Waals surface area contributed by atoms with Gasteiger partial charge in [-0.1, -0.05) is 18.2 Å². The Morgan fingerprint density at radius 3 is 2.67 bits per heavy atom. The van der Waals surface area contributed by atoms with Gasteiger partial charge in [-0.15, -0.1) is 0 Å². The summed E-state index contributed by atoms with van der Waals surface area (Å²) in [7, 11) is 0. The summed E-state index contributed by atoms with van der Waals surface area (Å²) in [5, 5.41) is 4.11. The highest BCUT2D eigenvalue weighted by molar-refractivity contribution is 5.58. The van der Waals surface area contributed by atoms with E-state index in [2.05, 4.69) is 15.1 Å². The second-order valence-corrected chi connectivity index (χ2v) is 4.44. The maximum atomic E-state index is 12.9. The first-order chi connectivity index (χ1) is 9.95. The van der Waals surface area contributed by atoms with Crippen molar-refractivity contribution in [3.05, 3.63) is 53.6 Å². The van der Waals surface area contributed by atoms with Crippen molar-refractivity contribution in [1.29, 1.82) is 0 Å². The van der Waals surface area contributed by atoms with E-state index in [9.17, 15) is 13.2 Å². The summed E-state index contributed by atoms with van der Waals surface area (Å²) in [5.41, 5.74) is 5.41. The molecule has 3 rings (SSSR count). The van der Waals surface area contributed by atoms with Crippen LogP contribution in [0.15, 0.2) is 36.7 Å². The van der Waals surface area contributed by atoms with Crippen LogP contribution >= 0.6 is 0 Å². The van der Waals surface area contributed by atoms with Gasteiger partial charge < -0.3 is 5.73 Å². The molecule has 0 unspecified atom stereocenters. The average molecular weight is 293 g/mol. The van der Waals surface area contributed by atoms with Crippen molar-refractivity contribution in [3.8, 4) is 0 Å². The minimum atomic E-state index is -4.41. The molecule has 2 aromatic heterocycles. The highest BCUT2D eigenvalue weighted by Crippen LogP contribution is 2.32. The molecular weight excluding hydrogens is 283 g/mol. The van der Waals surface area contributed by atoms with Crippen molar-refractivity contribution in [2.24, 2.45) is 0 Å². The van der Waals surface area contributed by atoms with Crippen molar-refractivity contribution in [1.82, 2.24) is 19.6 Å². The zero-order chi connectivity index (χ0) is 15.0. The van der Waals surface area contributed by atoms with Gasteiger partial charge in [0.15, 0.2) is 17.3 Å². The van der Waals surface area contributed by atoms with Gasteiger partial charge in [-0.25, -0.2) is 14.5 Å². The van der Waals surface area contributed by atoms with Crippen LogP contribution in [-0.4, -0.2) is 19.6 Å². The Balaban J connectivity index is 2.01. The van der Waals surface area contributed by atoms with Crippen LogP contribution in [0.3, 0.4) is 0 Å². The largest absolute Gasteiger partial charge is 0.416 e. The summed E-state index contributed by atoms with van der Waals surface area (Å²) in [4.78, 5) is 7.99. The van der Waals surface area contributed by atoms with Gasteiger partial charge in [0.2, 0.25) is 0 Å². The predicted octanol–water partition coefficient (Wildman–Crippen LogP) is 2.32. The fraction of sp³-hybridized carbons (Fsp3) is 0.154. The smallest absolute Gasteiger partial charge is 0.381 e. The molecule has 0 radical (unpaired) electrons. The maximum Gasteiger partial charge on any atom is 0.416 e. The molecule has 0 amide bonds. The molecule has 0 atom stereocenters. The highest BCUT2D eigenvalue weighted by Gasteiger charge is 2.33. The molecule has 0 aliphatic rings. The summed E-state index contributed by atoms with van der Waals surface area (Å²) >= 11 is 0. The lowest BCUT2D eigenvalue weighted by Gasteiger charge is -2.11. The normalized spacial score (nSPS) is 12.0. The summed E-state index contributed by atoms with van der Waals surface area (Å²) in [5.74, 6) is 0.437. The number of anilines is 1. The molecule has 0 aliphatic carbocycles. The summed E-state index contributed by atoms with van der Waals surface area (Å²) < 4.78 is 40.2. The van der Waals surface area contributed by atoms with E-state index in [0.717, 1.165) is 6.07 Å². The van der Waals surface area contributed by atoms with Crippen molar-refractivity contribution < 1.29 is 13.2 Å². The third-order valence-electron chi connectivity index (χ3n) is 3.00. The van der Waals surface area contributed by atoms with Gasteiger partial charge in [-0.05, 0) is 11.6 Å². The molecular formula is C13H10F3N5. The van der Waals surface area contributed by atoms with Crippen LogP contribution in [0, 0.1) is 0 Å². The van der Waals surface area contributed by atoms with Crippen LogP contribution in [0.1, 0.15) is 17.0 Å². The van der Waals surface area contributed by atoms with Crippen LogP contribution in [0.4, 0.5) is 19.0 Å². The van der Waals surface area contributed by atoms with E-state index in [1.807, 2.05) is 0 Å². The number of hydrogen-bond donors (Lipinski definition) is 1. The number of nitrogen functional groups attached to an aromatic ring is 1. The number of aromatic nitrogens is 4. The van der Waals surface area contributed by atoms with Gasteiger partial charge in [-0.3, -0.25) is 0 Å². The molecule has 0 saturated heterocycles. The zero-order valence-corrected chi connectivity index (χ0v) is 10.7. The minimum Gasteiger partial charge on any atom is -0.381 e. The first-order valence-corrected chi connectivity index (χ1v) is 6.06. The molecule has 2 heterocycles. The highest BCUT2D eigenvalue weighted by atomic mass is 19.4. The van der Waals surface area contributed by atoms with E-state index in [4.69, 9.17) is 5.73 Å². The van der Waals surface area contributed by atoms with Crippen molar-refractivity contribution in [2.45, 2.75) is 12.6 Å². The molecule has 1 aromatic carbocycles. The molecule has 0 saturated carbocycles. The van der Waals surface area contributed by atoms with Crippen LogP contribution < -0.4 is 5.73 Å². The van der Waals surface area contributed by atoms with Crippen molar-refractivity contribution in [2.75, 3.05) is 5.73 Å². The van der Waals surface area contributed by atoms with Gasteiger partial charge in [0.1, 0.15) is 0 Å². The standard InChI is InChI=1S/C13H10F3N5/c14-13(15,16)9-4-2-1-3-8(9)7-10-19-12-11(17)18-5-6-21(12)20-10/h1-6H,7H2,(H2,17,18). The summed E-state index contributed by atoms with van der Waals surface area (Å²) in [6.45, 7) is 0. The van der Waals surface area contributed by atoms with Crippen molar-refractivity contribution >= 4 is 11.5 Å². The van der Waals surface area contributed by atoms with E-state index in [1.54, 1.807) is 6.07 Å². The van der Waals surface area contributed by atoms with Crippen molar-refractivity contribution in [3.63, 3.8) is 0 Å². The van der Waals surface area contributed by atoms with Crippen LogP contribution in [0.25, 0.3) is 5.65 Å². The lowest BCUT2D eigenvalue weighted by molar-refractivity contribution is -0.138. The number of halogens is 3. The Hall–Kier alpha value is -2.64. The van der Waals surface area contributed by atoms with Crippen LogP contribution in [0.5, 0.6) is 0 Å². The first-order valence-electron chi connectivity index (χ1n) is 6.06. The number of benzene rings is 1. The molecule has 8 heteroatoms. The van der Waals surface area contributed by atoms with E-state index in [1.165, 1.54) is 29.0 Å². The number of alkyl halides is 3. The van der Waals surface area contributed by atoms with E-state index < -0.39 is 11.7 Å². The molecule has 0 aliphatic heterocycles. The third-order valence-corrected chi connectivity index (χ3v) is 3.00. The Kier molecular flexibility index (Phi) is 3.00. The fourth-order valence-corrected chi connectivity index (χ4v) is 2.08. The summed E-state index contributed by atoms with van der Waals surface area (Å²) in [6, 6.07) is 5.36. The second kappa shape index (κ2) is 4.72. The maximum absolute atomic E-state index is 12.9. The Bertz CT molecular complexity index is 794. The number of nitrogens with two attached hydrogens (primary N) is 1. The number of fused-ring (bicyclic) bond motifs is 1. The average Bonchev–Trinajstić information content (AvgIpc) is 2.82. The molecule has 0 fully saturated rings. The van der Waals surface area contributed by atoms with E-state index in [0.29, 0.717) is 5.65 Å². The fourth-order valence-electron chi connectivity index (χ4n) is 2.08. The summed E-state index contributed by atoms with van der Waals surface area (Å²) in [6.07, 6.45) is -1.45. The molecule has 0 spiro atoms. The topological polar surface area (TPSA) is 69.1 Å². The predicted molar refractivity (Wildman–Crippen MR) is 69.4 cm³/mol. The minimum absolute atomic E-state index is 0.0309. The van der Waals surface area contributed by atoms with Gasteiger partial charge in [0, 0.05) is 18.8 Å². The Morgan fingerprint density at radius 2 is 1.95 bits per heavy atom. The number of rotatable bonds is 2. The number of hydrogen-bond acceptors (Lipinski definition) is 4. The van der Waals surface area contributed by atoms with Gasteiger partial charge >= 0.3 is 6.18 Å². The lowest BCUT2D eigenvalue weighted by atomic mass is 10.0. The molecule has 3 aromatic rings. The van der Waals surface area contributed by atoms with Gasteiger partial charge in [0.25, 0.3) is 0 Å².